The number of benzene rings is 1. The molecule has 0 unspecified atom stereocenters. The molecule has 2 amide bonds. The summed E-state index contributed by atoms with van der Waals surface area (Å²) >= 11 is 0. The molecule has 0 spiro atoms. The third-order valence-corrected chi connectivity index (χ3v) is 3.24. The van der Waals surface area contributed by atoms with Gasteiger partial charge in [-0.15, -0.1) is 0 Å². The van der Waals surface area contributed by atoms with Crippen molar-refractivity contribution in [1.82, 2.24) is 9.80 Å². The van der Waals surface area contributed by atoms with Crippen LogP contribution >= 0.6 is 0 Å². The third-order valence-electron chi connectivity index (χ3n) is 3.24. The van der Waals surface area contributed by atoms with Crippen molar-refractivity contribution in [3.63, 3.8) is 0 Å². The summed E-state index contributed by atoms with van der Waals surface area (Å²) in [5, 5.41) is 0. The quantitative estimate of drug-likeness (QED) is 0.770. The van der Waals surface area contributed by atoms with E-state index in [1.165, 1.54) is 11.0 Å². The molecule has 100 valence electrons. The first-order valence-corrected chi connectivity index (χ1v) is 6.32. The van der Waals surface area contributed by atoms with Crippen LogP contribution in [0.3, 0.4) is 0 Å². The minimum absolute atomic E-state index is 0.135. The lowest BCUT2D eigenvalue weighted by Gasteiger charge is -2.26. The first kappa shape index (κ1) is 13.5. The van der Waals surface area contributed by atoms with Crippen LogP contribution in [0.5, 0.6) is 0 Å². The summed E-state index contributed by atoms with van der Waals surface area (Å²) in [6.45, 7) is 0.327. The summed E-state index contributed by atoms with van der Waals surface area (Å²) in [6, 6.07) is 9.28. The Balaban J connectivity index is 2.23. The molecule has 0 saturated carbocycles. The van der Waals surface area contributed by atoms with Crippen molar-refractivity contribution >= 4 is 11.8 Å². The van der Waals surface area contributed by atoms with Gasteiger partial charge in [-0.1, -0.05) is 36.4 Å². The molecule has 2 rings (SSSR count). The smallest absolute Gasteiger partial charge is 0.253 e. The van der Waals surface area contributed by atoms with Gasteiger partial charge in [-0.3, -0.25) is 19.4 Å². The highest BCUT2D eigenvalue weighted by Gasteiger charge is 2.30. The van der Waals surface area contributed by atoms with Crippen molar-refractivity contribution in [2.75, 3.05) is 14.1 Å². The molecule has 0 aliphatic carbocycles. The van der Waals surface area contributed by atoms with E-state index in [2.05, 4.69) is 0 Å². The average molecular weight is 258 g/mol. The molecular weight excluding hydrogens is 240 g/mol. The number of rotatable bonds is 3. The molecule has 1 atom stereocenters. The Morgan fingerprint density at radius 2 is 1.89 bits per heavy atom. The molecule has 0 N–H and O–H groups in total. The first-order valence-electron chi connectivity index (χ1n) is 6.32. The Kier molecular flexibility index (Phi) is 4.12. The van der Waals surface area contributed by atoms with E-state index >= 15 is 0 Å². The summed E-state index contributed by atoms with van der Waals surface area (Å²) in [7, 11) is 3.71. The van der Waals surface area contributed by atoms with Crippen LogP contribution in [-0.4, -0.2) is 41.8 Å². The lowest BCUT2D eigenvalue weighted by molar-refractivity contribution is -0.145. The van der Waals surface area contributed by atoms with Gasteiger partial charge in [-0.25, -0.2) is 0 Å². The van der Waals surface area contributed by atoms with Gasteiger partial charge in [0.2, 0.25) is 5.91 Å². The average Bonchev–Trinajstić information content (AvgIpc) is 2.53. The van der Waals surface area contributed by atoms with E-state index in [9.17, 15) is 9.59 Å². The van der Waals surface area contributed by atoms with Crippen LogP contribution in [0.25, 0.3) is 0 Å². The zero-order valence-corrected chi connectivity index (χ0v) is 11.2. The van der Waals surface area contributed by atoms with Gasteiger partial charge in [0.25, 0.3) is 5.91 Å². The van der Waals surface area contributed by atoms with Crippen LogP contribution in [0.4, 0.5) is 0 Å². The minimum atomic E-state index is -0.272. The fraction of sp³-hybridized carbons (Fsp3) is 0.333. The molecule has 4 heteroatoms. The van der Waals surface area contributed by atoms with Crippen molar-refractivity contribution < 1.29 is 9.59 Å². The maximum atomic E-state index is 12.4. The summed E-state index contributed by atoms with van der Waals surface area (Å²) in [6.07, 6.45) is 3.84. The highest BCUT2D eigenvalue weighted by Crippen LogP contribution is 2.14. The Hall–Kier alpha value is -1.94. The van der Waals surface area contributed by atoms with E-state index < -0.39 is 0 Å². The van der Waals surface area contributed by atoms with Gasteiger partial charge in [0, 0.05) is 0 Å². The van der Waals surface area contributed by atoms with Crippen LogP contribution in [0.15, 0.2) is 42.5 Å². The second-order valence-corrected chi connectivity index (χ2v) is 4.87. The fourth-order valence-corrected chi connectivity index (χ4v) is 2.13. The van der Waals surface area contributed by atoms with Crippen molar-refractivity contribution in [3.8, 4) is 0 Å². The molecule has 4 nitrogen and oxygen atoms in total. The standard InChI is InChI=1S/C15H18N2O2/c1-16(2)13-9-6-10-14(18)17(15(13)19)11-12-7-4-3-5-8-12/h3-8,10,13H,9,11H2,1-2H3/t13-/m1/s1. The van der Waals surface area contributed by atoms with Gasteiger partial charge in [0.1, 0.15) is 0 Å². The Bertz CT molecular complexity index is 494. The molecule has 1 aromatic rings. The van der Waals surface area contributed by atoms with Crippen LogP contribution < -0.4 is 0 Å². The zero-order chi connectivity index (χ0) is 13.8. The maximum Gasteiger partial charge on any atom is 0.253 e. The number of amides is 2. The predicted molar refractivity (Wildman–Crippen MR) is 73.2 cm³/mol. The molecule has 0 radical (unpaired) electrons. The normalized spacial score (nSPS) is 19.9. The molecule has 19 heavy (non-hydrogen) atoms. The monoisotopic (exact) mass is 258 g/mol. The molecular formula is C15H18N2O2. The van der Waals surface area contributed by atoms with E-state index in [-0.39, 0.29) is 17.9 Å². The highest BCUT2D eigenvalue weighted by atomic mass is 16.2. The van der Waals surface area contributed by atoms with Crippen molar-refractivity contribution in [1.29, 1.82) is 0 Å². The first-order chi connectivity index (χ1) is 9.09. The Labute approximate surface area is 113 Å². The largest absolute Gasteiger partial charge is 0.298 e. The van der Waals surface area contributed by atoms with Crippen LogP contribution in [0.1, 0.15) is 12.0 Å². The topological polar surface area (TPSA) is 40.6 Å². The van der Waals surface area contributed by atoms with E-state index in [0.29, 0.717) is 13.0 Å². The van der Waals surface area contributed by atoms with E-state index in [0.717, 1.165) is 5.56 Å². The van der Waals surface area contributed by atoms with Crippen LogP contribution in [0, 0.1) is 0 Å². The second-order valence-electron chi connectivity index (χ2n) is 4.87. The molecule has 1 aliphatic heterocycles. The number of imide groups is 1. The molecule has 1 aliphatic rings. The summed E-state index contributed by atoms with van der Waals surface area (Å²) < 4.78 is 0. The van der Waals surface area contributed by atoms with E-state index in [1.54, 1.807) is 6.08 Å². The number of nitrogens with zero attached hydrogens (tertiary/aromatic N) is 2. The number of likely N-dealkylation sites (N-methyl/N-ethyl adjacent to an activating group) is 1. The number of carbonyl (C=O) groups excluding carboxylic acids is 2. The number of carbonyl (C=O) groups is 2. The van der Waals surface area contributed by atoms with Crippen molar-refractivity contribution in [3.05, 3.63) is 48.0 Å². The molecule has 0 fully saturated rings. The fourth-order valence-electron chi connectivity index (χ4n) is 2.13. The summed E-state index contributed by atoms with van der Waals surface area (Å²) in [5.41, 5.74) is 0.956. The Morgan fingerprint density at radius 3 is 2.53 bits per heavy atom. The minimum Gasteiger partial charge on any atom is -0.298 e. The molecule has 1 heterocycles. The SMILES string of the molecule is CN(C)[C@@H]1CC=CC(=O)N(Cc2ccccc2)C1=O. The second kappa shape index (κ2) is 5.80. The van der Waals surface area contributed by atoms with Crippen LogP contribution in [-0.2, 0) is 16.1 Å². The molecule has 1 aromatic carbocycles. The maximum absolute atomic E-state index is 12.4. The predicted octanol–water partition coefficient (Wildman–Crippen LogP) is 1.43. The lowest BCUT2D eigenvalue weighted by atomic mass is 10.1. The number of hydrogen-bond acceptors (Lipinski definition) is 3. The van der Waals surface area contributed by atoms with Crippen LogP contribution in [0.2, 0.25) is 0 Å². The highest BCUT2D eigenvalue weighted by molar-refractivity contribution is 6.03. The molecule has 0 aromatic heterocycles. The summed E-state index contributed by atoms with van der Waals surface area (Å²) in [5.74, 6) is -0.373. The summed E-state index contributed by atoms with van der Waals surface area (Å²) in [4.78, 5) is 27.6. The zero-order valence-electron chi connectivity index (χ0n) is 11.2. The van der Waals surface area contributed by atoms with Gasteiger partial charge >= 0.3 is 0 Å². The molecule has 0 saturated heterocycles. The van der Waals surface area contributed by atoms with E-state index in [4.69, 9.17) is 0 Å². The van der Waals surface area contributed by atoms with E-state index in [1.807, 2.05) is 49.3 Å². The number of hydrogen-bond donors (Lipinski definition) is 0. The Morgan fingerprint density at radius 1 is 1.21 bits per heavy atom. The van der Waals surface area contributed by atoms with Gasteiger partial charge in [0.15, 0.2) is 0 Å². The third kappa shape index (κ3) is 3.09. The van der Waals surface area contributed by atoms with Gasteiger partial charge < -0.3 is 0 Å². The molecule has 0 bridgehead atoms. The van der Waals surface area contributed by atoms with Gasteiger partial charge in [-0.2, -0.15) is 0 Å². The lowest BCUT2D eigenvalue weighted by Crippen LogP contribution is -2.46. The van der Waals surface area contributed by atoms with Crippen molar-refractivity contribution in [2.24, 2.45) is 0 Å². The van der Waals surface area contributed by atoms with Gasteiger partial charge in [0.05, 0.1) is 12.6 Å². The van der Waals surface area contributed by atoms with Gasteiger partial charge in [-0.05, 0) is 32.2 Å². The van der Waals surface area contributed by atoms with Crippen molar-refractivity contribution in [2.45, 2.75) is 19.0 Å².